The van der Waals surface area contributed by atoms with Gasteiger partial charge in [-0.25, -0.2) is 9.59 Å². The predicted octanol–water partition coefficient (Wildman–Crippen LogP) is 0.998. The van der Waals surface area contributed by atoms with Crippen molar-refractivity contribution in [3.8, 4) is 0 Å². The summed E-state index contributed by atoms with van der Waals surface area (Å²) in [6.45, 7) is 5.31. The van der Waals surface area contributed by atoms with Crippen LogP contribution >= 0.6 is 0 Å². The van der Waals surface area contributed by atoms with Crippen LogP contribution in [-0.2, 0) is 4.74 Å². The van der Waals surface area contributed by atoms with E-state index in [4.69, 9.17) is 14.9 Å². The zero-order chi connectivity index (χ0) is 14.3. The molecule has 104 valence electrons. The number of morpholine rings is 1. The van der Waals surface area contributed by atoms with Crippen molar-refractivity contribution in [3.05, 3.63) is 34.9 Å². The van der Waals surface area contributed by atoms with E-state index < -0.39 is 11.9 Å². The molecule has 0 unspecified atom stereocenters. The van der Waals surface area contributed by atoms with E-state index in [9.17, 15) is 9.59 Å². The van der Waals surface area contributed by atoms with E-state index in [2.05, 4.69) is 5.32 Å². The van der Waals surface area contributed by atoms with Crippen LogP contribution in [0.15, 0.2) is 18.2 Å². The highest BCUT2D eigenvalue weighted by Gasteiger charge is 2.13. The van der Waals surface area contributed by atoms with E-state index >= 15 is 0 Å². The number of ether oxygens (including phenoxy) is 1. The fraction of sp³-hybridized carbons (Fsp3) is 0.385. The van der Waals surface area contributed by atoms with Crippen molar-refractivity contribution in [1.29, 1.82) is 0 Å². The summed E-state index contributed by atoms with van der Waals surface area (Å²) < 4.78 is 5.01. The van der Waals surface area contributed by atoms with Gasteiger partial charge < -0.3 is 20.3 Å². The Bertz CT molecular complexity index is 411. The minimum absolute atomic E-state index is 0.0277. The third-order valence-corrected chi connectivity index (χ3v) is 2.64. The Morgan fingerprint density at radius 3 is 1.84 bits per heavy atom. The number of hydrogen-bond acceptors (Lipinski definition) is 4. The normalized spacial score (nSPS) is 14.2. The van der Waals surface area contributed by atoms with Crippen molar-refractivity contribution in [2.45, 2.75) is 6.92 Å². The molecule has 0 radical (unpaired) electrons. The molecule has 1 aliphatic rings. The van der Waals surface area contributed by atoms with Crippen LogP contribution < -0.4 is 5.32 Å². The minimum atomic E-state index is -1.11. The largest absolute Gasteiger partial charge is 0.478 e. The Morgan fingerprint density at radius 2 is 1.58 bits per heavy atom. The molecule has 19 heavy (non-hydrogen) atoms. The molecule has 1 aliphatic heterocycles. The molecule has 6 nitrogen and oxygen atoms in total. The Morgan fingerprint density at radius 1 is 1.11 bits per heavy atom. The molecular weight excluding hydrogens is 250 g/mol. The average molecular weight is 267 g/mol. The number of benzene rings is 1. The molecule has 1 heterocycles. The maximum absolute atomic E-state index is 10.6. The van der Waals surface area contributed by atoms with E-state index in [1.54, 1.807) is 0 Å². The van der Waals surface area contributed by atoms with Gasteiger partial charge in [-0.15, -0.1) is 0 Å². The Kier molecular flexibility index (Phi) is 5.98. The first kappa shape index (κ1) is 15.1. The number of aromatic carboxylic acids is 2. The molecule has 0 amide bonds. The summed E-state index contributed by atoms with van der Waals surface area (Å²) in [5.74, 6) is -2.22. The zero-order valence-corrected chi connectivity index (χ0v) is 10.7. The molecule has 1 saturated heterocycles. The minimum Gasteiger partial charge on any atom is -0.478 e. The van der Waals surface area contributed by atoms with Crippen molar-refractivity contribution in [3.63, 3.8) is 0 Å². The van der Waals surface area contributed by atoms with E-state index in [-0.39, 0.29) is 16.7 Å². The molecule has 0 aromatic heterocycles. The molecule has 0 bridgehead atoms. The van der Waals surface area contributed by atoms with E-state index in [1.165, 1.54) is 25.1 Å². The van der Waals surface area contributed by atoms with Crippen LogP contribution in [-0.4, -0.2) is 48.5 Å². The summed E-state index contributed by atoms with van der Waals surface area (Å²) in [5.41, 5.74) is 0.335. The fourth-order valence-electron chi connectivity index (χ4n) is 1.61. The molecule has 3 N–H and O–H groups in total. The predicted molar refractivity (Wildman–Crippen MR) is 68.8 cm³/mol. The van der Waals surface area contributed by atoms with Crippen molar-refractivity contribution in [2.24, 2.45) is 0 Å². The summed E-state index contributed by atoms with van der Waals surface area (Å²) in [4.78, 5) is 21.2. The van der Waals surface area contributed by atoms with Crippen LogP contribution in [0.4, 0.5) is 0 Å². The van der Waals surface area contributed by atoms with Gasteiger partial charge in [0.1, 0.15) is 0 Å². The first-order chi connectivity index (χ1) is 9.04. The van der Waals surface area contributed by atoms with Gasteiger partial charge in [0, 0.05) is 13.1 Å². The van der Waals surface area contributed by atoms with Gasteiger partial charge >= 0.3 is 11.9 Å². The van der Waals surface area contributed by atoms with Crippen LogP contribution in [0.25, 0.3) is 0 Å². The number of rotatable bonds is 2. The van der Waals surface area contributed by atoms with Gasteiger partial charge in [0.15, 0.2) is 0 Å². The summed E-state index contributed by atoms with van der Waals surface area (Å²) in [6, 6.07) is 4.17. The highest BCUT2D eigenvalue weighted by molar-refractivity contribution is 5.96. The van der Waals surface area contributed by atoms with Crippen LogP contribution in [0.5, 0.6) is 0 Å². The van der Waals surface area contributed by atoms with E-state index in [1.807, 2.05) is 0 Å². The second kappa shape index (κ2) is 7.50. The zero-order valence-electron chi connectivity index (χ0n) is 10.7. The molecule has 0 aliphatic carbocycles. The quantitative estimate of drug-likeness (QED) is 0.739. The lowest BCUT2D eigenvalue weighted by molar-refractivity contribution is 0.0696. The molecule has 0 saturated carbocycles. The first-order valence-corrected chi connectivity index (χ1v) is 5.88. The maximum Gasteiger partial charge on any atom is 0.335 e. The van der Waals surface area contributed by atoms with Crippen LogP contribution in [0.3, 0.4) is 0 Å². The van der Waals surface area contributed by atoms with E-state index in [0.717, 1.165) is 26.3 Å². The monoisotopic (exact) mass is 267 g/mol. The number of nitrogens with one attached hydrogen (secondary N) is 1. The highest BCUT2D eigenvalue weighted by Crippen LogP contribution is 2.13. The SMILES string of the molecule is C1COCCN1.Cc1c(C(=O)O)cccc1C(=O)O. The molecule has 1 aromatic carbocycles. The third-order valence-electron chi connectivity index (χ3n) is 2.64. The van der Waals surface area contributed by atoms with E-state index in [0.29, 0.717) is 0 Å². The second-order valence-corrected chi connectivity index (χ2v) is 3.95. The van der Waals surface area contributed by atoms with Gasteiger partial charge in [-0.05, 0) is 24.6 Å². The fourth-order valence-corrected chi connectivity index (χ4v) is 1.61. The van der Waals surface area contributed by atoms with Gasteiger partial charge in [-0.2, -0.15) is 0 Å². The molecular formula is C13H17NO5. The van der Waals surface area contributed by atoms with Gasteiger partial charge in [0.05, 0.1) is 24.3 Å². The van der Waals surface area contributed by atoms with Crippen molar-refractivity contribution in [2.75, 3.05) is 26.3 Å². The lowest BCUT2D eigenvalue weighted by Gasteiger charge is -2.10. The topological polar surface area (TPSA) is 95.9 Å². The summed E-state index contributed by atoms with van der Waals surface area (Å²) in [6.07, 6.45) is 0. The summed E-state index contributed by atoms with van der Waals surface area (Å²) in [7, 11) is 0. The highest BCUT2D eigenvalue weighted by atomic mass is 16.5. The average Bonchev–Trinajstić information content (AvgIpc) is 2.41. The first-order valence-electron chi connectivity index (χ1n) is 5.88. The lowest BCUT2D eigenvalue weighted by atomic mass is 10.0. The Hall–Kier alpha value is -1.92. The molecule has 2 rings (SSSR count). The Labute approximate surface area is 111 Å². The van der Waals surface area contributed by atoms with Crippen molar-refractivity contribution >= 4 is 11.9 Å². The van der Waals surface area contributed by atoms with Crippen molar-refractivity contribution in [1.82, 2.24) is 5.32 Å². The molecule has 6 heteroatoms. The number of carboxylic acids is 2. The second-order valence-electron chi connectivity index (χ2n) is 3.95. The van der Waals surface area contributed by atoms with Crippen LogP contribution in [0.2, 0.25) is 0 Å². The van der Waals surface area contributed by atoms with Crippen LogP contribution in [0.1, 0.15) is 26.3 Å². The summed E-state index contributed by atoms with van der Waals surface area (Å²) >= 11 is 0. The van der Waals surface area contributed by atoms with Crippen LogP contribution in [0, 0.1) is 6.92 Å². The van der Waals surface area contributed by atoms with Gasteiger partial charge in [0.25, 0.3) is 0 Å². The number of carboxylic acid groups (broad SMARTS) is 2. The van der Waals surface area contributed by atoms with Gasteiger partial charge in [-0.3, -0.25) is 0 Å². The molecule has 0 atom stereocenters. The molecule has 1 aromatic rings. The lowest BCUT2D eigenvalue weighted by Crippen LogP contribution is -2.30. The number of carbonyl (C=O) groups is 2. The summed E-state index contributed by atoms with van der Waals surface area (Å²) in [5, 5.41) is 20.5. The van der Waals surface area contributed by atoms with Gasteiger partial charge in [0.2, 0.25) is 0 Å². The maximum atomic E-state index is 10.6. The molecule has 0 spiro atoms. The number of hydrogen-bond donors (Lipinski definition) is 3. The Balaban J connectivity index is 0.000000250. The third kappa shape index (κ3) is 4.69. The standard InChI is InChI=1S/C9H8O4.C4H9NO/c1-5-6(8(10)11)3-2-4-7(5)9(12)13;1-3-6-4-2-5-1/h2-4H,1H3,(H,10,11)(H,12,13);5H,1-4H2. The molecule has 1 fully saturated rings. The van der Waals surface area contributed by atoms with Crippen molar-refractivity contribution < 1.29 is 24.5 Å². The smallest absolute Gasteiger partial charge is 0.335 e. The van der Waals surface area contributed by atoms with Gasteiger partial charge in [-0.1, -0.05) is 6.07 Å².